The van der Waals surface area contributed by atoms with Crippen LogP contribution in [0.25, 0.3) is 0 Å². The summed E-state index contributed by atoms with van der Waals surface area (Å²) in [6.07, 6.45) is 1.09. The summed E-state index contributed by atoms with van der Waals surface area (Å²) in [4.78, 5) is 11.9. The zero-order valence-electron chi connectivity index (χ0n) is 11.3. The Bertz CT molecular complexity index is 655. The molecule has 21 heavy (non-hydrogen) atoms. The van der Waals surface area contributed by atoms with Crippen molar-refractivity contribution in [2.24, 2.45) is 0 Å². The Kier molecular flexibility index (Phi) is 3.97. The molecule has 2 aromatic rings. The number of benzene rings is 2. The van der Waals surface area contributed by atoms with E-state index in [1.807, 2.05) is 24.3 Å². The number of carbonyl (C=O) groups is 1. The molecule has 0 fully saturated rings. The van der Waals surface area contributed by atoms with Crippen molar-refractivity contribution in [2.75, 3.05) is 12.1 Å². The van der Waals surface area contributed by atoms with Crippen molar-refractivity contribution in [3.05, 3.63) is 53.1 Å². The molecular weight excluding hydrogens is 290 g/mol. The Morgan fingerprint density at radius 3 is 2.67 bits per heavy atom. The number of amides is 1. The van der Waals surface area contributed by atoms with Gasteiger partial charge in [-0.15, -0.1) is 0 Å². The van der Waals surface area contributed by atoms with Gasteiger partial charge in [-0.05, 0) is 36.2 Å². The highest BCUT2D eigenvalue weighted by Crippen LogP contribution is 2.34. The molecule has 0 bridgehead atoms. The van der Waals surface area contributed by atoms with Crippen molar-refractivity contribution in [1.29, 1.82) is 0 Å². The van der Waals surface area contributed by atoms with Crippen molar-refractivity contribution < 1.29 is 14.3 Å². The molecule has 2 aromatic carbocycles. The normalized spacial score (nSPS) is 12.2. The third-order valence-corrected chi connectivity index (χ3v) is 3.46. The minimum Gasteiger partial charge on any atom is -0.454 e. The standard InChI is InChI=1S/C16H14ClNO3/c17-12-4-1-11(2-5-12)3-8-16(19)18-13-6-7-14-15(9-13)21-10-20-14/h1-2,4-7,9H,3,8,10H2,(H,18,19). The quantitative estimate of drug-likeness (QED) is 0.938. The third kappa shape index (κ3) is 3.47. The van der Waals surface area contributed by atoms with Crippen LogP contribution < -0.4 is 14.8 Å². The number of hydrogen-bond donors (Lipinski definition) is 1. The van der Waals surface area contributed by atoms with Gasteiger partial charge in [0.05, 0.1) is 0 Å². The van der Waals surface area contributed by atoms with Crippen LogP contribution in [-0.2, 0) is 11.2 Å². The average molecular weight is 304 g/mol. The Hall–Kier alpha value is -2.20. The van der Waals surface area contributed by atoms with E-state index in [0.29, 0.717) is 35.1 Å². The van der Waals surface area contributed by atoms with Crippen LogP contribution in [0.1, 0.15) is 12.0 Å². The second-order valence-corrected chi connectivity index (χ2v) is 5.18. The third-order valence-electron chi connectivity index (χ3n) is 3.21. The lowest BCUT2D eigenvalue weighted by Crippen LogP contribution is -2.12. The van der Waals surface area contributed by atoms with Crippen LogP contribution in [0.5, 0.6) is 11.5 Å². The Balaban J connectivity index is 1.55. The lowest BCUT2D eigenvalue weighted by atomic mass is 10.1. The molecule has 0 spiro atoms. The number of rotatable bonds is 4. The van der Waals surface area contributed by atoms with E-state index in [0.717, 1.165) is 5.56 Å². The number of nitrogens with one attached hydrogen (secondary N) is 1. The number of ether oxygens (including phenoxy) is 2. The first-order valence-electron chi connectivity index (χ1n) is 6.65. The topological polar surface area (TPSA) is 47.6 Å². The Morgan fingerprint density at radius 2 is 1.86 bits per heavy atom. The molecule has 0 radical (unpaired) electrons. The summed E-state index contributed by atoms with van der Waals surface area (Å²) < 4.78 is 10.5. The van der Waals surface area contributed by atoms with Gasteiger partial charge < -0.3 is 14.8 Å². The van der Waals surface area contributed by atoms with E-state index in [9.17, 15) is 4.79 Å². The van der Waals surface area contributed by atoms with Crippen LogP contribution in [0.2, 0.25) is 5.02 Å². The van der Waals surface area contributed by atoms with Crippen LogP contribution in [-0.4, -0.2) is 12.7 Å². The molecule has 3 rings (SSSR count). The Morgan fingerprint density at radius 1 is 1.10 bits per heavy atom. The predicted molar refractivity (Wildman–Crippen MR) is 81.0 cm³/mol. The molecule has 0 unspecified atom stereocenters. The van der Waals surface area contributed by atoms with Gasteiger partial charge in [0, 0.05) is 23.2 Å². The summed E-state index contributed by atoms with van der Waals surface area (Å²) >= 11 is 5.83. The van der Waals surface area contributed by atoms with Gasteiger partial charge in [-0.3, -0.25) is 4.79 Å². The zero-order chi connectivity index (χ0) is 14.7. The van der Waals surface area contributed by atoms with Crippen molar-refractivity contribution in [3.63, 3.8) is 0 Å². The van der Waals surface area contributed by atoms with E-state index in [1.54, 1.807) is 18.2 Å². The molecule has 0 saturated carbocycles. The summed E-state index contributed by atoms with van der Waals surface area (Å²) in [5.74, 6) is 1.32. The van der Waals surface area contributed by atoms with Gasteiger partial charge in [0.15, 0.2) is 11.5 Å². The molecule has 1 N–H and O–H groups in total. The highest BCUT2D eigenvalue weighted by Gasteiger charge is 2.14. The van der Waals surface area contributed by atoms with Crippen molar-refractivity contribution in [1.82, 2.24) is 0 Å². The largest absolute Gasteiger partial charge is 0.454 e. The lowest BCUT2D eigenvalue weighted by molar-refractivity contribution is -0.116. The van der Waals surface area contributed by atoms with E-state index in [2.05, 4.69) is 5.32 Å². The maximum Gasteiger partial charge on any atom is 0.231 e. The minimum atomic E-state index is -0.0381. The van der Waals surface area contributed by atoms with Gasteiger partial charge in [0.2, 0.25) is 12.7 Å². The van der Waals surface area contributed by atoms with Crippen LogP contribution >= 0.6 is 11.6 Å². The van der Waals surface area contributed by atoms with Crippen molar-refractivity contribution >= 4 is 23.2 Å². The van der Waals surface area contributed by atoms with Crippen molar-refractivity contribution in [2.45, 2.75) is 12.8 Å². The maximum absolute atomic E-state index is 11.9. The molecule has 1 aliphatic rings. The van der Waals surface area contributed by atoms with E-state index in [-0.39, 0.29) is 12.7 Å². The van der Waals surface area contributed by atoms with Crippen LogP contribution in [0.15, 0.2) is 42.5 Å². The van der Waals surface area contributed by atoms with E-state index in [1.165, 1.54) is 0 Å². The number of hydrogen-bond acceptors (Lipinski definition) is 3. The molecule has 1 heterocycles. The predicted octanol–water partition coefficient (Wildman–Crippen LogP) is 3.64. The Labute approximate surface area is 127 Å². The first-order valence-corrected chi connectivity index (χ1v) is 7.02. The molecule has 1 amide bonds. The van der Waals surface area contributed by atoms with Crippen LogP contribution in [0, 0.1) is 0 Å². The first kappa shape index (κ1) is 13.8. The van der Waals surface area contributed by atoms with Gasteiger partial charge in [-0.25, -0.2) is 0 Å². The molecule has 108 valence electrons. The number of carbonyl (C=O) groups excluding carboxylic acids is 1. The number of aryl methyl sites for hydroxylation is 1. The second-order valence-electron chi connectivity index (χ2n) is 4.74. The molecule has 0 saturated heterocycles. The van der Waals surface area contributed by atoms with Gasteiger partial charge in [-0.2, -0.15) is 0 Å². The van der Waals surface area contributed by atoms with E-state index < -0.39 is 0 Å². The number of anilines is 1. The van der Waals surface area contributed by atoms with Crippen LogP contribution in [0.3, 0.4) is 0 Å². The highest BCUT2D eigenvalue weighted by atomic mass is 35.5. The fourth-order valence-electron chi connectivity index (χ4n) is 2.11. The van der Waals surface area contributed by atoms with E-state index in [4.69, 9.17) is 21.1 Å². The molecule has 0 aromatic heterocycles. The molecular formula is C16H14ClNO3. The summed E-state index contributed by atoms with van der Waals surface area (Å²) in [6, 6.07) is 12.9. The van der Waals surface area contributed by atoms with Gasteiger partial charge >= 0.3 is 0 Å². The smallest absolute Gasteiger partial charge is 0.231 e. The lowest BCUT2D eigenvalue weighted by Gasteiger charge is -2.06. The molecule has 0 aliphatic carbocycles. The number of halogens is 1. The molecule has 4 nitrogen and oxygen atoms in total. The second kappa shape index (κ2) is 6.06. The van der Waals surface area contributed by atoms with Gasteiger partial charge in [0.1, 0.15) is 0 Å². The zero-order valence-corrected chi connectivity index (χ0v) is 12.0. The van der Waals surface area contributed by atoms with E-state index >= 15 is 0 Å². The molecule has 5 heteroatoms. The minimum absolute atomic E-state index is 0.0381. The fraction of sp³-hybridized carbons (Fsp3) is 0.188. The summed E-state index contributed by atoms with van der Waals surface area (Å²) in [7, 11) is 0. The van der Waals surface area contributed by atoms with Gasteiger partial charge in [0.25, 0.3) is 0 Å². The average Bonchev–Trinajstić information content (AvgIpc) is 2.94. The van der Waals surface area contributed by atoms with Crippen molar-refractivity contribution in [3.8, 4) is 11.5 Å². The summed E-state index contributed by atoms with van der Waals surface area (Å²) in [5, 5.41) is 3.55. The van der Waals surface area contributed by atoms with Gasteiger partial charge in [-0.1, -0.05) is 23.7 Å². The monoisotopic (exact) mass is 303 g/mol. The fourth-order valence-corrected chi connectivity index (χ4v) is 2.23. The highest BCUT2D eigenvalue weighted by molar-refractivity contribution is 6.30. The molecule has 1 aliphatic heterocycles. The summed E-state index contributed by atoms with van der Waals surface area (Å²) in [6.45, 7) is 0.225. The summed E-state index contributed by atoms with van der Waals surface area (Å²) in [5.41, 5.74) is 1.79. The number of fused-ring (bicyclic) bond motifs is 1. The maximum atomic E-state index is 11.9. The SMILES string of the molecule is O=C(CCc1ccc(Cl)cc1)Nc1ccc2c(c1)OCO2. The molecule has 0 atom stereocenters. The first-order chi connectivity index (χ1) is 10.2. The van der Waals surface area contributed by atoms with Crippen LogP contribution in [0.4, 0.5) is 5.69 Å².